The molecule has 2 aliphatic heterocycles. The van der Waals surface area contributed by atoms with E-state index in [9.17, 15) is 32.3 Å². The molecule has 22 heteroatoms. The molecule has 6 atom stereocenters. The summed E-state index contributed by atoms with van der Waals surface area (Å²) in [6, 6.07) is 14.3. The Hall–Kier alpha value is -5.00. The number of ether oxygens (including phenoxy) is 1. The average molecular weight is 1010 g/mol. The number of Topliss-reactive ketones (excluding diaryl/α,β-unsaturated/α-hetero) is 2. The van der Waals surface area contributed by atoms with E-state index in [0.29, 0.717) is 34.0 Å². The van der Waals surface area contributed by atoms with Gasteiger partial charge in [0.1, 0.15) is 47.4 Å². The molecule has 0 unspecified atom stereocenters. The summed E-state index contributed by atoms with van der Waals surface area (Å²) < 4.78 is 62.7. The molecule has 2 aromatic heterocycles. The second-order valence-electron chi connectivity index (χ2n) is 16.0. The normalized spacial score (nSPS) is 25.2. The van der Waals surface area contributed by atoms with E-state index in [4.69, 9.17) is 44.5 Å². The molecule has 2 saturated carbocycles. The number of pyridine rings is 2. The smallest absolute Gasteiger partial charge is 0.870 e. The molecule has 0 spiro atoms. The number of thioether (sulfide) groups is 2. The zero-order valence-corrected chi connectivity index (χ0v) is 39.5. The Kier molecular flexibility index (Phi) is 17.2. The van der Waals surface area contributed by atoms with E-state index < -0.39 is 69.3 Å². The third-order valence-corrected chi connectivity index (χ3v) is 14.7. The number of carbonyl (C=O) groups excluding carboxylic acids is 3. The van der Waals surface area contributed by atoms with E-state index in [2.05, 4.69) is 20.0 Å². The number of carboxylic acids is 1. The van der Waals surface area contributed by atoms with Gasteiger partial charge in [-0.25, -0.2) is 37.1 Å². The van der Waals surface area contributed by atoms with E-state index >= 15 is 4.39 Å². The second kappa shape index (κ2) is 21.7. The molecule has 13 nitrogen and oxygen atoms in total. The zero-order chi connectivity index (χ0) is 47.6. The summed E-state index contributed by atoms with van der Waals surface area (Å²) in [7, 11) is 0. The number of aliphatic imine (C=N–C) groups is 2. The van der Waals surface area contributed by atoms with Crippen LogP contribution in [0.15, 0.2) is 107 Å². The Morgan fingerprint density at radius 2 is 1.18 bits per heavy atom. The van der Waals surface area contributed by atoms with Crippen LogP contribution in [0.1, 0.15) is 63.0 Å². The molecule has 0 amide bonds. The molecule has 8 rings (SSSR count). The van der Waals surface area contributed by atoms with Crippen molar-refractivity contribution in [3.05, 3.63) is 153 Å². The Bertz CT molecular complexity index is 2720. The number of nitrogens with zero attached hydrogens (tertiary/aromatic N) is 4. The minimum atomic E-state index is -1.60. The fourth-order valence-corrected chi connectivity index (χ4v) is 11.3. The first kappa shape index (κ1) is 53.9. The fourth-order valence-electron chi connectivity index (χ4n) is 8.47. The zero-order valence-electron chi connectivity index (χ0n) is 36.3. The number of nitrogens with two attached hydrogens (primary N) is 2. The molecule has 68 heavy (non-hydrogen) atoms. The number of aromatic nitrogens is 2. The summed E-state index contributed by atoms with van der Waals surface area (Å²) in [6.45, 7) is -0.0791. The number of ketones is 2. The van der Waals surface area contributed by atoms with Gasteiger partial charge in [0.25, 0.3) is 0 Å². The molecule has 0 saturated heterocycles. The number of hydrogen-bond donors (Lipinski definition) is 3. The number of aliphatic carboxylic acids is 1. The van der Waals surface area contributed by atoms with Crippen molar-refractivity contribution in [3.63, 3.8) is 0 Å². The predicted octanol–water partition coefficient (Wildman–Crippen LogP) is 5.16. The summed E-state index contributed by atoms with van der Waals surface area (Å²) in [5.74, 6) is -4.47. The summed E-state index contributed by atoms with van der Waals surface area (Å²) in [5.41, 5.74) is 10.3. The van der Waals surface area contributed by atoms with E-state index in [0.717, 1.165) is 17.8 Å². The minimum Gasteiger partial charge on any atom is -0.870 e. The fraction of sp³-hybridized carbons (Fsp3) is 0.304. The van der Waals surface area contributed by atoms with Crippen LogP contribution in [0.5, 0.6) is 0 Å². The Morgan fingerprint density at radius 1 is 0.750 bits per heavy atom. The number of carbonyl (C=O) groups is 4. The minimum absolute atomic E-state index is 0. The van der Waals surface area contributed by atoms with E-state index in [-0.39, 0.29) is 88.2 Å². The molecule has 4 heterocycles. The van der Waals surface area contributed by atoms with Crippen molar-refractivity contribution >= 4 is 80.6 Å². The third kappa shape index (κ3) is 11.2. The van der Waals surface area contributed by atoms with Gasteiger partial charge in [-0.1, -0.05) is 71.0 Å². The SMILES string of the molecule is CCOC(=O)/C=C/[C@]12C[C@H]1[C@@](CF)(c1cc(CC(=O)c3ccc(Cl)cn3)ccc1F)N=C(N)S2.NC1=N[C@](CF)(c2cc(CC(=O)c3ccc(Cl)cn3)ccc2F)[C@@H]2C[C@]2(/C=C/C(=O)O)S1.[Li+].[OH-]. The average Bonchev–Trinajstić information content (AvgIpc) is 4.21. The first-order chi connectivity index (χ1) is 31.4. The molecule has 4 aromatic rings. The Labute approximate surface area is 418 Å². The first-order valence-corrected chi connectivity index (χ1v) is 22.7. The summed E-state index contributed by atoms with van der Waals surface area (Å²) in [6.07, 6.45) is 8.84. The maximum absolute atomic E-state index is 15.1. The molecule has 0 radical (unpaired) electrons. The van der Waals surface area contributed by atoms with Crippen LogP contribution in [0.2, 0.25) is 10.0 Å². The number of rotatable bonds is 15. The summed E-state index contributed by atoms with van der Waals surface area (Å²) in [4.78, 5) is 64.7. The maximum atomic E-state index is 15.1. The Morgan fingerprint density at radius 3 is 1.54 bits per heavy atom. The van der Waals surface area contributed by atoms with Crippen molar-refractivity contribution in [1.29, 1.82) is 0 Å². The van der Waals surface area contributed by atoms with Crippen molar-refractivity contribution in [1.82, 2.24) is 9.97 Å². The quantitative estimate of drug-likeness (QED) is 0.0460. The molecule has 4 aliphatic rings. The molecule has 352 valence electrons. The molecule has 2 aromatic carbocycles. The van der Waals surface area contributed by atoms with Crippen LogP contribution in [0.3, 0.4) is 0 Å². The van der Waals surface area contributed by atoms with Gasteiger partial charge in [0.05, 0.1) is 16.7 Å². The maximum Gasteiger partial charge on any atom is 1.00 e. The van der Waals surface area contributed by atoms with Crippen molar-refractivity contribution in [2.75, 3.05) is 20.0 Å². The summed E-state index contributed by atoms with van der Waals surface area (Å²) in [5, 5.41) is 9.94. The van der Waals surface area contributed by atoms with Crippen LogP contribution in [0, 0.1) is 23.5 Å². The van der Waals surface area contributed by atoms with Gasteiger partial charge in [-0.3, -0.25) is 19.6 Å². The molecular weight excluding hydrogens is 967 g/mol. The largest absolute Gasteiger partial charge is 1.00 e. The van der Waals surface area contributed by atoms with Gasteiger partial charge in [-0.05, 0) is 79.4 Å². The number of halogens is 6. The van der Waals surface area contributed by atoms with Crippen molar-refractivity contribution in [2.24, 2.45) is 33.3 Å². The predicted molar refractivity (Wildman–Crippen MR) is 247 cm³/mol. The van der Waals surface area contributed by atoms with E-state index in [1.165, 1.54) is 84.8 Å². The van der Waals surface area contributed by atoms with Crippen LogP contribution < -0.4 is 30.3 Å². The summed E-state index contributed by atoms with van der Waals surface area (Å²) >= 11 is 14.0. The van der Waals surface area contributed by atoms with Crippen LogP contribution in [0.25, 0.3) is 0 Å². The van der Waals surface area contributed by atoms with E-state index in [1.807, 2.05) is 0 Å². The second-order valence-corrected chi connectivity index (χ2v) is 19.6. The van der Waals surface area contributed by atoms with Crippen molar-refractivity contribution in [2.45, 2.75) is 53.2 Å². The van der Waals surface area contributed by atoms with Crippen LogP contribution in [-0.2, 0) is 38.2 Å². The van der Waals surface area contributed by atoms with Gasteiger partial charge < -0.3 is 26.8 Å². The number of esters is 1. The molecule has 2 fully saturated rings. The number of benzene rings is 2. The molecule has 6 N–H and O–H groups in total. The van der Waals surface area contributed by atoms with Gasteiger partial charge >= 0.3 is 30.8 Å². The molecule has 0 bridgehead atoms. The van der Waals surface area contributed by atoms with Gasteiger partial charge in [-0.2, -0.15) is 0 Å². The van der Waals surface area contributed by atoms with Crippen molar-refractivity contribution < 1.29 is 70.9 Å². The first-order valence-electron chi connectivity index (χ1n) is 20.3. The number of hydrogen-bond acceptors (Lipinski definition) is 14. The number of amidine groups is 2. The number of fused-ring (bicyclic) bond motifs is 2. The number of carboxylic acid groups (broad SMARTS) is 1. The molecular formula is C46H41Cl2F4LiN6O7S2. The topological polar surface area (TPSA) is 230 Å². The van der Waals surface area contributed by atoms with Gasteiger partial charge in [0.2, 0.25) is 0 Å². The monoisotopic (exact) mass is 1010 g/mol. The van der Waals surface area contributed by atoms with Crippen molar-refractivity contribution in [3.8, 4) is 0 Å². The van der Waals surface area contributed by atoms with Gasteiger partial charge in [0.15, 0.2) is 21.9 Å². The Balaban J connectivity index is 0.000000247. The van der Waals surface area contributed by atoms with Gasteiger partial charge in [-0.15, -0.1) is 0 Å². The molecule has 2 aliphatic carbocycles. The van der Waals surface area contributed by atoms with Crippen LogP contribution >= 0.6 is 46.7 Å². The standard InChI is InChI=1S/C24H22ClF2N3O3S.C22H18ClF2N3O3S.Li.H2O/c1-2-33-21(32)7-8-23-11-20(23)24(13-26,30-22(28)34-23)16-9-14(3-5-17(16)27)10-19(31)18-6-4-15(25)12-29-18;23-13-2-4-16(27-10-13)17(29)8-12-1-3-15(25)14(7-12)22(11-24)18-9-21(18,6-5-19(30)31)32-20(26)28-22;;/h3-9,12,20H,2,10-11,13H2,1H3,(H2,28,30);1-7,10,18H,8-9,11H2,(H2,26,28)(H,30,31);;1H2/q;;+1;/p-1/b8-7+;6-5+;;/t20-,23+,24-;18-,21+,22-;;/m11../s1. The van der Waals surface area contributed by atoms with Gasteiger partial charge in [0, 0.05) is 69.8 Å². The third-order valence-electron chi connectivity index (χ3n) is 11.7. The van der Waals surface area contributed by atoms with Crippen LogP contribution in [-0.4, -0.2) is 83.8 Å². The number of alkyl halides is 2. The van der Waals surface area contributed by atoms with Crippen LogP contribution in [0.4, 0.5) is 17.6 Å². The van der Waals surface area contributed by atoms with E-state index in [1.54, 1.807) is 25.1 Å².